The molecule has 1 atom stereocenters. The lowest BCUT2D eigenvalue weighted by atomic mass is 10.3. The van der Waals surface area contributed by atoms with Crippen molar-refractivity contribution in [1.29, 1.82) is 0 Å². The first-order valence-corrected chi connectivity index (χ1v) is 7.84. The molecular formula is C13H16N2O2S2. The maximum Gasteiger partial charge on any atom is 0.323 e. The van der Waals surface area contributed by atoms with Crippen molar-refractivity contribution in [1.82, 2.24) is 10.3 Å². The van der Waals surface area contributed by atoms with Crippen LogP contribution in [0.2, 0.25) is 0 Å². The second-order valence-corrected chi connectivity index (χ2v) is 6.19. The molecule has 0 aliphatic heterocycles. The predicted octanol–water partition coefficient (Wildman–Crippen LogP) is 2.54. The van der Waals surface area contributed by atoms with Gasteiger partial charge in [0.25, 0.3) is 0 Å². The van der Waals surface area contributed by atoms with E-state index in [0.717, 1.165) is 16.4 Å². The monoisotopic (exact) mass is 296 g/mol. The van der Waals surface area contributed by atoms with Crippen molar-refractivity contribution in [3.8, 4) is 0 Å². The summed E-state index contributed by atoms with van der Waals surface area (Å²) in [7, 11) is 1.41. The number of aromatic nitrogens is 1. The molecule has 0 spiro atoms. The fourth-order valence-electron chi connectivity index (χ4n) is 1.67. The number of benzene rings is 1. The van der Waals surface area contributed by atoms with E-state index in [9.17, 15) is 4.79 Å². The number of rotatable bonds is 6. The van der Waals surface area contributed by atoms with Crippen molar-refractivity contribution >= 4 is 39.3 Å². The predicted molar refractivity (Wildman–Crippen MR) is 79.8 cm³/mol. The molecule has 0 saturated heterocycles. The van der Waals surface area contributed by atoms with Crippen molar-refractivity contribution in [2.75, 3.05) is 19.4 Å². The number of carbonyl (C=O) groups excluding carboxylic acids is 1. The minimum Gasteiger partial charge on any atom is -0.468 e. The second-order valence-electron chi connectivity index (χ2n) is 3.89. The number of likely N-dealkylation sites (N-methyl/N-ethyl adjacent to an activating group) is 1. The maximum atomic E-state index is 11.6. The molecule has 0 saturated carbocycles. The second kappa shape index (κ2) is 6.88. The van der Waals surface area contributed by atoms with E-state index in [1.54, 1.807) is 23.1 Å². The van der Waals surface area contributed by atoms with E-state index >= 15 is 0 Å². The molecule has 4 nitrogen and oxygen atoms in total. The molecule has 1 heterocycles. The lowest BCUT2D eigenvalue weighted by Gasteiger charge is -2.13. The Hall–Kier alpha value is -1.11. The minimum atomic E-state index is -0.285. The first-order chi connectivity index (χ1) is 9.24. The summed E-state index contributed by atoms with van der Waals surface area (Å²) in [5, 5.41) is 3.12. The van der Waals surface area contributed by atoms with Crippen LogP contribution in [0.5, 0.6) is 0 Å². The number of thiazole rings is 1. The van der Waals surface area contributed by atoms with Gasteiger partial charge in [0.1, 0.15) is 6.04 Å². The van der Waals surface area contributed by atoms with E-state index < -0.39 is 0 Å². The normalized spacial score (nSPS) is 12.5. The Morgan fingerprint density at radius 2 is 2.32 bits per heavy atom. The van der Waals surface area contributed by atoms with E-state index in [4.69, 9.17) is 4.74 Å². The highest BCUT2D eigenvalue weighted by Crippen LogP contribution is 2.29. The van der Waals surface area contributed by atoms with Crippen LogP contribution in [0.4, 0.5) is 0 Å². The molecule has 0 amide bonds. The zero-order valence-corrected chi connectivity index (χ0v) is 12.5. The van der Waals surface area contributed by atoms with Gasteiger partial charge in [-0.05, 0) is 18.7 Å². The highest BCUT2D eigenvalue weighted by molar-refractivity contribution is 8.01. The zero-order valence-electron chi connectivity index (χ0n) is 10.9. The Bertz CT molecular complexity index is 523. The number of hydrogen-bond donors (Lipinski definition) is 1. The van der Waals surface area contributed by atoms with Crippen molar-refractivity contribution in [3.63, 3.8) is 0 Å². The zero-order chi connectivity index (χ0) is 13.7. The topological polar surface area (TPSA) is 51.2 Å². The Morgan fingerprint density at radius 1 is 1.53 bits per heavy atom. The molecule has 2 aromatic rings. The minimum absolute atomic E-state index is 0.226. The van der Waals surface area contributed by atoms with Gasteiger partial charge in [-0.25, -0.2) is 4.98 Å². The van der Waals surface area contributed by atoms with Gasteiger partial charge >= 0.3 is 5.97 Å². The van der Waals surface area contributed by atoms with Gasteiger partial charge in [0.2, 0.25) is 0 Å². The molecule has 19 heavy (non-hydrogen) atoms. The van der Waals surface area contributed by atoms with Gasteiger partial charge < -0.3 is 10.1 Å². The molecular weight excluding hydrogens is 280 g/mol. The smallest absolute Gasteiger partial charge is 0.323 e. The lowest BCUT2D eigenvalue weighted by molar-refractivity contribution is -0.142. The molecule has 1 unspecified atom stereocenters. The number of nitrogens with one attached hydrogen (secondary N) is 1. The quantitative estimate of drug-likeness (QED) is 0.656. The summed E-state index contributed by atoms with van der Waals surface area (Å²) in [6.07, 6.45) is 0. The molecule has 6 heteroatoms. The molecule has 1 aromatic heterocycles. The van der Waals surface area contributed by atoms with Gasteiger partial charge in [0, 0.05) is 5.75 Å². The number of methoxy groups -OCH3 is 1. The number of carbonyl (C=O) groups is 1. The number of nitrogens with zero attached hydrogens (tertiary/aromatic N) is 1. The van der Waals surface area contributed by atoms with Gasteiger partial charge in [-0.2, -0.15) is 0 Å². The third-order valence-corrected chi connectivity index (χ3v) is 4.86. The number of esters is 1. The van der Waals surface area contributed by atoms with E-state index in [1.807, 2.05) is 25.1 Å². The molecule has 0 aliphatic rings. The van der Waals surface area contributed by atoms with Crippen LogP contribution in [0.1, 0.15) is 6.92 Å². The fraction of sp³-hybridized carbons (Fsp3) is 0.385. The van der Waals surface area contributed by atoms with Gasteiger partial charge in [-0.3, -0.25) is 4.79 Å². The molecule has 1 N–H and O–H groups in total. The SMILES string of the molecule is CCNC(CSc1nc2ccccc2s1)C(=O)OC. The summed E-state index contributed by atoms with van der Waals surface area (Å²) in [6, 6.07) is 7.75. The van der Waals surface area contributed by atoms with E-state index in [0.29, 0.717) is 5.75 Å². The van der Waals surface area contributed by atoms with Crippen molar-refractivity contribution in [2.45, 2.75) is 17.3 Å². The van der Waals surface area contributed by atoms with Crippen LogP contribution in [-0.2, 0) is 9.53 Å². The summed E-state index contributed by atoms with van der Waals surface area (Å²) in [6.45, 7) is 2.71. The van der Waals surface area contributed by atoms with E-state index in [1.165, 1.54) is 11.8 Å². The first kappa shape index (κ1) is 14.3. The maximum absolute atomic E-state index is 11.6. The third-order valence-electron chi connectivity index (χ3n) is 2.58. The van der Waals surface area contributed by atoms with Crippen molar-refractivity contribution in [2.24, 2.45) is 0 Å². The van der Waals surface area contributed by atoms with Crippen LogP contribution in [0.25, 0.3) is 10.2 Å². The number of fused-ring (bicyclic) bond motifs is 1. The van der Waals surface area contributed by atoms with Gasteiger partial charge in [0.15, 0.2) is 4.34 Å². The van der Waals surface area contributed by atoms with Crippen LogP contribution in [-0.4, -0.2) is 36.4 Å². The number of ether oxygens (including phenoxy) is 1. The summed E-state index contributed by atoms with van der Waals surface area (Å²) < 4.78 is 6.93. The highest BCUT2D eigenvalue weighted by atomic mass is 32.2. The molecule has 102 valence electrons. The standard InChI is InChI=1S/C13H16N2O2S2/c1-3-14-10(12(16)17-2)8-18-13-15-9-6-4-5-7-11(9)19-13/h4-7,10,14H,3,8H2,1-2H3. The summed E-state index contributed by atoms with van der Waals surface area (Å²) in [5.41, 5.74) is 1.01. The molecule has 0 radical (unpaired) electrons. The highest BCUT2D eigenvalue weighted by Gasteiger charge is 2.18. The Kier molecular flexibility index (Phi) is 5.18. The molecule has 1 aromatic carbocycles. The van der Waals surface area contributed by atoms with Gasteiger partial charge in [-0.1, -0.05) is 30.8 Å². The van der Waals surface area contributed by atoms with E-state index in [2.05, 4.69) is 16.4 Å². The number of thioether (sulfide) groups is 1. The summed E-state index contributed by atoms with van der Waals surface area (Å²) >= 11 is 3.23. The Labute approximate surface area is 120 Å². The van der Waals surface area contributed by atoms with Crippen LogP contribution in [0, 0.1) is 0 Å². The summed E-state index contributed by atoms with van der Waals surface area (Å²) in [4.78, 5) is 16.1. The van der Waals surface area contributed by atoms with Crippen molar-refractivity contribution in [3.05, 3.63) is 24.3 Å². The van der Waals surface area contributed by atoms with Crippen LogP contribution in [0.3, 0.4) is 0 Å². The average Bonchev–Trinajstić information content (AvgIpc) is 2.85. The fourth-order valence-corrected chi connectivity index (χ4v) is 3.80. The third kappa shape index (κ3) is 3.68. The first-order valence-electron chi connectivity index (χ1n) is 6.04. The van der Waals surface area contributed by atoms with Crippen LogP contribution in [0.15, 0.2) is 28.6 Å². The largest absolute Gasteiger partial charge is 0.468 e. The number of para-hydroxylation sites is 1. The van der Waals surface area contributed by atoms with Gasteiger partial charge in [0.05, 0.1) is 17.3 Å². The van der Waals surface area contributed by atoms with Gasteiger partial charge in [-0.15, -0.1) is 11.3 Å². The molecule has 0 fully saturated rings. The van der Waals surface area contributed by atoms with Crippen LogP contribution >= 0.6 is 23.1 Å². The molecule has 0 aliphatic carbocycles. The molecule has 0 bridgehead atoms. The lowest BCUT2D eigenvalue weighted by Crippen LogP contribution is -2.39. The molecule has 2 rings (SSSR count). The average molecular weight is 296 g/mol. The van der Waals surface area contributed by atoms with Crippen molar-refractivity contribution < 1.29 is 9.53 Å². The number of hydrogen-bond acceptors (Lipinski definition) is 6. The Balaban J connectivity index is 2.01. The van der Waals surface area contributed by atoms with Crippen LogP contribution < -0.4 is 5.32 Å². The van der Waals surface area contributed by atoms with E-state index in [-0.39, 0.29) is 12.0 Å². The summed E-state index contributed by atoms with van der Waals surface area (Å²) in [5.74, 6) is 0.399. The Morgan fingerprint density at radius 3 is 3.00 bits per heavy atom.